The lowest BCUT2D eigenvalue weighted by atomic mass is 9.95. The molecule has 0 aliphatic carbocycles. The Hall–Kier alpha value is -2.04. The van der Waals surface area contributed by atoms with Gasteiger partial charge in [0.05, 0.1) is 6.42 Å². The zero-order valence-electron chi connectivity index (χ0n) is 15.0. The van der Waals surface area contributed by atoms with E-state index in [-0.39, 0.29) is 24.2 Å². The Morgan fingerprint density at radius 3 is 2.22 bits per heavy atom. The molecule has 1 aliphatic heterocycles. The van der Waals surface area contributed by atoms with Gasteiger partial charge in [-0.25, -0.2) is 0 Å². The van der Waals surface area contributed by atoms with Crippen molar-refractivity contribution in [2.24, 2.45) is 5.92 Å². The van der Waals surface area contributed by atoms with Gasteiger partial charge in [0.2, 0.25) is 11.8 Å². The average Bonchev–Trinajstić information content (AvgIpc) is 2.70. The van der Waals surface area contributed by atoms with E-state index in [1.165, 1.54) is 0 Å². The minimum absolute atomic E-state index is 0.00635. The quantitative estimate of drug-likeness (QED) is 0.815. The predicted octanol–water partition coefficient (Wildman–Crippen LogP) is 4.09. The molecule has 27 heavy (non-hydrogen) atoms. The molecule has 4 nitrogen and oxygen atoms in total. The van der Waals surface area contributed by atoms with E-state index >= 15 is 0 Å². The summed E-state index contributed by atoms with van der Waals surface area (Å²) in [4.78, 5) is 26.7. The zero-order chi connectivity index (χ0) is 19.2. The summed E-state index contributed by atoms with van der Waals surface area (Å²) in [7, 11) is 0. The van der Waals surface area contributed by atoms with Crippen molar-refractivity contribution < 1.29 is 9.59 Å². The van der Waals surface area contributed by atoms with E-state index in [1.807, 2.05) is 30.3 Å². The molecular weight excluding hydrogens is 383 g/mol. The summed E-state index contributed by atoms with van der Waals surface area (Å²) in [5, 5.41) is 4.00. The molecule has 0 spiro atoms. The van der Waals surface area contributed by atoms with Crippen LogP contribution in [0.5, 0.6) is 0 Å². The van der Waals surface area contributed by atoms with Gasteiger partial charge in [0.15, 0.2) is 0 Å². The highest BCUT2D eigenvalue weighted by atomic mass is 35.5. The molecule has 2 aromatic rings. The highest BCUT2D eigenvalue weighted by Crippen LogP contribution is 2.26. The van der Waals surface area contributed by atoms with Gasteiger partial charge >= 0.3 is 0 Å². The number of amides is 2. The van der Waals surface area contributed by atoms with E-state index in [0.29, 0.717) is 48.1 Å². The number of hydrogen-bond donors (Lipinski definition) is 1. The largest absolute Gasteiger partial charge is 0.352 e. The van der Waals surface area contributed by atoms with Gasteiger partial charge in [-0.15, -0.1) is 0 Å². The van der Waals surface area contributed by atoms with Crippen LogP contribution in [-0.2, 0) is 22.6 Å². The van der Waals surface area contributed by atoms with Crippen LogP contribution in [0.4, 0.5) is 0 Å². The minimum Gasteiger partial charge on any atom is -0.352 e. The monoisotopic (exact) mass is 404 g/mol. The van der Waals surface area contributed by atoms with Crippen molar-refractivity contribution in [2.75, 3.05) is 13.1 Å². The molecule has 1 N–H and O–H groups in total. The second kappa shape index (κ2) is 9.25. The topological polar surface area (TPSA) is 49.4 Å². The van der Waals surface area contributed by atoms with Gasteiger partial charge in [0.25, 0.3) is 0 Å². The summed E-state index contributed by atoms with van der Waals surface area (Å²) in [6.45, 7) is 1.68. The number of likely N-dealkylation sites (tertiary alicyclic amines) is 1. The number of carbonyl (C=O) groups excluding carboxylic acids is 2. The third-order valence-corrected chi connectivity index (χ3v) is 5.63. The first-order valence-electron chi connectivity index (χ1n) is 9.07. The molecule has 1 saturated heterocycles. The molecular formula is C21H22Cl2N2O2. The molecule has 1 heterocycles. The summed E-state index contributed by atoms with van der Waals surface area (Å²) in [5.41, 5.74) is 1.74. The van der Waals surface area contributed by atoms with E-state index < -0.39 is 0 Å². The Morgan fingerprint density at radius 1 is 0.963 bits per heavy atom. The number of rotatable bonds is 5. The first-order valence-corrected chi connectivity index (χ1v) is 9.82. The molecule has 1 fully saturated rings. The lowest BCUT2D eigenvalue weighted by Crippen LogP contribution is -2.43. The fourth-order valence-electron chi connectivity index (χ4n) is 3.28. The first-order chi connectivity index (χ1) is 13.0. The third-order valence-electron chi connectivity index (χ3n) is 4.92. The maximum Gasteiger partial charge on any atom is 0.227 e. The smallest absolute Gasteiger partial charge is 0.227 e. The number of halogens is 2. The van der Waals surface area contributed by atoms with Crippen molar-refractivity contribution in [1.82, 2.24) is 10.2 Å². The average molecular weight is 405 g/mol. The third kappa shape index (κ3) is 5.24. The summed E-state index contributed by atoms with van der Waals surface area (Å²) in [5.74, 6) is -0.00472. The van der Waals surface area contributed by atoms with Gasteiger partial charge in [0, 0.05) is 35.6 Å². The summed E-state index contributed by atoms with van der Waals surface area (Å²) in [6.07, 6.45) is 1.52. The molecule has 0 saturated carbocycles. The number of nitrogens with one attached hydrogen (secondary N) is 1. The van der Waals surface area contributed by atoms with E-state index in [4.69, 9.17) is 23.2 Å². The molecule has 0 atom stereocenters. The van der Waals surface area contributed by atoms with Crippen molar-refractivity contribution in [1.29, 1.82) is 0 Å². The summed E-state index contributed by atoms with van der Waals surface area (Å²) < 4.78 is 0. The molecule has 1 aliphatic rings. The number of piperidine rings is 1. The second-order valence-corrected chi connectivity index (χ2v) is 7.55. The Bertz CT molecular complexity index is 783. The molecule has 6 heteroatoms. The molecule has 0 unspecified atom stereocenters. The maximum atomic E-state index is 12.6. The van der Waals surface area contributed by atoms with Crippen LogP contribution in [-0.4, -0.2) is 29.8 Å². The highest BCUT2D eigenvalue weighted by Gasteiger charge is 2.27. The molecule has 2 aromatic carbocycles. The Balaban J connectivity index is 1.48. The first kappa shape index (κ1) is 19.7. The Kier molecular flexibility index (Phi) is 6.75. The van der Waals surface area contributed by atoms with Gasteiger partial charge in [-0.3, -0.25) is 9.59 Å². The molecule has 0 aromatic heterocycles. The van der Waals surface area contributed by atoms with Crippen molar-refractivity contribution in [3.63, 3.8) is 0 Å². The lowest BCUT2D eigenvalue weighted by Gasteiger charge is -2.31. The van der Waals surface area contributed by atoms with Crippen LogP contribution in [0.3, 0.4) is 0 Å². The fourth-order valence-corrected chi connectivity index (χ4v) is 3.82. The number of carbonyl (C=O) groups is 2. The van der Waals surface area contributed by atoms with Crippen LogP contribution >= 0.6 is 23.2 Å². The number of hydrogen-bond acceptors (Lipinski definition) is 2. The van der Waals surface area contributed by atoms with Gasteiger partial charge < -0.3 is 10.2 Å². The van der Waals surface area contributed by atoms with Crippen molar-refractivity contribution >= 4 is 35.0 Å². The minimum atomic E-state index is -0.0540. The fraction of sp³-hybridized carbons (Fsp3) is 0.333. The van der Waals surface area contributed by atoms with Crippen LogP contribution in [0, 0.1) is 5.92 Å². The van der Waals surface area contributed by atoms with Crippen molar-refractivity contribution in [3.8, 4) is 0 Å². The van der Waals surface area contributed by atoms with E-state index in [9.17, 15) is 9.59 Å². The summed E-state index contributed by atoms with van der Waals surface area (Å²) >= 11 is 12.3. The molecule has 0 bridgehead atoms. The highest BCUT2D eigenvalue weighted by molar-refractivity contribution is 6.36. The van der Waals surface area contributed by atoms with Crippen LogP contribution in [0.1, 0.15) is 24.0 Å². The van der Waals surface area contributed by atoms with Gasteiger partial charge in [-0.1, -0.05) is 59.6 Å². The molecule has 142 valence electrons. The Morgan fingerprint density at radius 2 is 1.59 bits per heavy atom. The van der Waals surface area contributed by atoms with E-state index in [0.717, 1.165) is 5.56 Å². The SMILES string of the molecule is O=C(NCc1ccccc1)C1CCN(C(=O)Cc2c(Cl)cccc2Cl)CC1. The lowest BCUT2D eigenvalue weighted by molar-refractivity contribution is -0.135. The number of nitrogens with zero attached hydrogens (tertiary/aromatic N) is 1. The van der Waals surface area contributed by atoms with Gasteiger partial charge in [-0.2, -0.15) is 0 Å². The van der Waals surface area contributed by atoms with Crippen LogP contribution in [0.15, 0.2) is 48.5 Å². The van der Waals surface area contributed by atoms with Crippen molar-refractivity contribution in [2.45, 2.75) is 25.8 Å². The standard InChI is InChI=1S/C21H22Cl2N2O2/c22-18-7-4-8-19(23)17(18)13-20(26)25-11-9-16(10-12-25)21(27)24-14-15-5-2-1-3-6-15/h1-8,16H,9-14H2,(H,24,27). The van der Waals surface area contributed by atoms with E-state index in [1.54, 1.807) is 23.1 Å². The predicted molar refractivity (Wildman–Crippen MR) is 108 cm³/mol. The van der Waals surface area contributed by atoms with Crippen LogP contribution in [0.2, 0.25) is 10.0 Å². The van der Waals surface area contributed by atoms with Crippen LogP contribution < -0.4 is 5.32 Å². The molecule has 0 radical (unpaired) electrons. The number of benzene rings is 2. The van der Waals surface area contributed by atoms with Gasteiger partial charge in [0.1, 0.15) is 0 Å². The van der Waals surface area contributed by atoms with Gasteiger partial charge in [-0.05, 0) is 36.1 Å². The van der Waals surface area contributed by atoms with Crippen molar-refractivity contribution in [3.05, 3.63) is 69.7 Å². The van der Waals surface area contributed by atoms with Crippen LogP contribution in [0.25, 0.3) is 0 Å². The maximum absolute atomic E-state index is 12.6. The molecule has 2 amide bonds. The zero-order valence-corrected chi connectivity index (χ0v) is 16.5. The summed E-state index contributed by atoms with van der Waals surface area (Å²) in [6, 6.07) is 15.1. The second-order valence-electron chi connectivity index (χ2n) is 6.74. The molecule has 3 rings (SSSR count). The normalized spacial score (nSPS) is 14.8. The Labute approximate surface area is 169 Å². The van der Waals surface area contributed by atoms with E-state index in [2.05, 4.69) is 5.32 Å².